The Morgan fingerprint density at radius 3 is 2.53 bits per heavy atom. The minimum absolute atomic E-state index is 0.147. The summed E-state index contributed by atoms with van der Waals surface area (Å²) in [4.78, 5) is 31.1. The highest BCUT2D eigenvalue weighted by Gasteiger charge is 2.29. The van der Waals surface area contributed by atoms with Gasteiger partial charge in [0.25, 0.3) is 0 Å². The molecule has 6 heteroatoms. The Balaban J connectivity index is 1.33. The monoisotopic (exact) mass is 399 g/mol. The van der Waals surface area contributed by atoms with E-state index in [9.17, 15) is 4.79 Å². The molecule has 1 atom stereocenters. The lowest BCUT2D eigenvalue weighted by atomic mass is 9.82. The van der Waals surface area contributed by atoms with Crippen LogP contribution in [0.1, 0.15) is 39.5 Å². The summed E-state index contributed by atoms with van der Waals surface area (Å²) in [6.45, 7) is 5.52. The number of ketones is 1. The maximum Gasteiger partial charge on any atom is 0.225 e. The Morgan fingerprint density at radius 1 is 0.933 bits per heavy atom. The second-order valence-corrected chi connectivity index (χ2v) is 8.13. The third-order valence-corrected chi connectivity index (χ3v) is 6.08. The van der Waals surface area contributed by atoms with Gasteiger partial charge in [-0.1, -0.05) is 35.9 Å². The number of piperazine rings is 1. The van der Waals surface area contributed by atoms with Crippen molar-refractivity contribution in [1.82, 2.24) is 15.0 Å². The summed E-state index contributed by atoms with van der Waals surface area (Å²) in [7, 11) is 0. The van der Waals surface area contributed by atoms with Gasteiger partial charge in [-0.05, 0) is 37.0 Å². The maximum atomic E-state index is 12.7. The lowest BCUT2D eigenvalue weighted by Gasteiger charge is -2.35. The van der Waals surface area contributed by atoms with Crippen molar-refractivity contribution in [2.45, 2.75) is 25.7 Å². The average molecular weight is 399 g/mol. The molecule has 1 saturated heterocycles. The van der Waals surface area contributed by atoms with Crippen LogP contribution in [0.2, 0.25) is 0 Å². The third kappa shape index (κ3) is 3.65. The molecule has 1 aromatic carbocycles. The fourth-order valence-electron chi connectivity index (χ4n) is 4.42. The summed E-state index contributed by atoms with van der Waals surface area (Å²) in [5, 5.41) is 0. The summed E-state index contributed by atoms with van der Waals surface area (Å²) >= 11 is 0. The molecule has 2 aliphatic rings. The molecule has 0 amide bonds. The van der Waals surface area contributed by atoms with Gasteiger partial charge in [0.05, 0.1) is 11.3 Å². The van der Waals surface area contributed by atoms with Crippen LogP contribution in [0.5, 0.6) is 0 Å². The van der Waals surface area contributed by atoms with Gasteiger partial charge in [0.15, 0.2) is 5.78 Å². The van der Waals surface area contributed by atoms with E-state index in [1.54, 1.807) is 6.20 Å². The molecule has 1 unspecified atom stereocenters. The molecule has 1 aliphatic heterocycles. The average Bonchev–Trinajstić information content (AvgIpc) is 2.79. The zero-order valence-electron chi connectivity index (χ0n) is 17.2. The van der Waals surface area contributed by atoms with Gasteiger partial charge in [-0.25, -0.2) is 15.0 Å². The standard InChI is InChI=1S/C24H25N5O/c1-17-5-4-6-18(13-17)19-14-21-20(22(30)15-19)16-26-24(27-21)29-11-9-28(10-12-29)23-7-2-3-8-25-23/h2-8,13,16,19H,9-12,14-15H2,1H3. The number of nitrogens with zero attached hydrogens (tertiary/aromatic N) is 5. The highest BCUT2D eigenvalue weighted by atomic mass is 16.1. The van der Waals surface area contributed by atoms with Crippen LogP contribution >= 0.6 is 0 Å². The van der Waals surface area contributed by atoms with Crippen LogP contribution in [-0.2, 0) is 6.42 Å². The van der Waals surface area contributed by atoms with Crippen molar-refractivity contribution in [2.75, 3.05) is 36.0 Å². The Bertz CT molecular complexity index is 1060. The summed E-state index contributed by atoms with van der Waals surface area (Å²) in [5.41, 5.74) is 4.02. The van der Waals surface area contributed by atoms with Gasteiger partial charge in [0, 0.05) is 45.0 Å². The molecular formula is C24H25N5O. The Labute approximate surface area is 176 Å². The highest BCUT2D eigenvalue weighted by molar-refractivity contribution is 5.98. The fraction of sp³-hybridized carbons (Fsp3) is 0.333. The van der Waals surface area contributed by atoms with Crippen LogP contribution in [0.15, 0.2) is 54.9 Å². The Morgan fingerprint density at radius 2 is 1.77 bits per heavy atom. The summed E-state index contributed by atoms with van der Waals surface area (Å²) in [6.07, 6.45) is 4.88. The van der Waals surface area contributed by atoms with Crippen LogP contribution in [-0.4, -0.2) is 46.9 Å². The van der Waals surface area contributed by atoms with E-state index in [0.29, 0.717) is 12.0 Å². The molecule has 0 N–H and O–H groups in total. The number of hydrogen-bond acceptors (Lipinski definition) is 6. The van der Waals surface area contributed by atoms with Gasteiger partial charge in [-0.3, -0.25) is 4.79 Å². The first-order valence-corrected chi connectivity index (χ1v) is 10.5. The number of carbonyl (C=O) groups is 1. The molecular weight excluding hydrogens is 374 g/mol. The number of carbonyl (C=O) groups excluding carboxylic acids is 1. The number of hydrogen-bond donors (Lipinski definition) is 0. The lowest BCUT2D eigenvalue weighted by Crippen LogP contribution is -2.47. The van der Waals surface area contributed by atoms with E-state index in [4.69, 9.17) is 4.98 Å². The van der Waals surface area contributed by atoms with Crippen LogP contribution in [0.25, 0.3) is 0 Å². The van der Waals surface area contributed by atoms with Crippen LogP contribution in [0.3, 0.4) is 0 Å². The first kappa shape index (κ1) is 18.7. The first-order valence-electron chi connectivity index (χ1n) is 10.5. The number of anilines is 2. The second kappa shape index (κ2) is 7.86. The molecule has 0 spiro atoms. The molecule has 0 saturated carbocycles. The van der Waals surface area contributed by atoms with Crippen molar-refractivity contribution in [3.8, 4) is 0 Å². The molecule has 0 radical (unpaired) electrons. The summed E-state index contributed by atoms with van der Waals surface area (Å²) in [5.74, 6) is 2.07. The Hall–Kier alpha value is -3.28. The third-order valence-electron chi connectivity index (χ3n) is 6.08. The maximum absolute atomic E-state index is 12.7. The van der Waals surface area contributed by atoms with E-state index < -0.39 is 0 Å². The molecule has 1 fully saturated rings. The zero-order chi connectivity index (χ0) is 20.5. The molecule has 3 heterocycles. The van der Waals surface area contributed by atoms with Crippen molar-refractivity contribution in [2.24, 2.45) is 0 Å². The van der Waals surface area contributed by atoms with Crippen LogP contribution < -0.4 is 9.80 Å². The van der Waals surface area contributed by atoms with Crippen molar-refractivity contribution in [3.05, 3.63) is 77.2 Å². The minimum Gasteiger partial charge on any atom is -0.353 e. The van der Waals surface area contributed by atoms with Gasteiger partial charge in [-0.2, -0.15) is 0 Å². The van der Waals surface area contributed by atoms with Gasteiger partial charge in [-0.15, -0.1) is 0 Å². The minimum atomic E-state index is 0.147. The van der Waals surface area contributed by atoms with Crippen LogP contribution in [0.4, 0.5) is 11.8 Å². The highest BCUT2D eigenvalue weighted by Crippen LogP contribution is 2.32. The number of fused-ring (bicyclic) bond motifs is 1. The van der Waals surface area contributed by atoms with Crippen molar-refractivity contribution < 1.29 is 4.79 Å². The van der Waals surface area contributed by atoms with E-state index in [1.807, 2.05) is 24.4 Å². The van der Waals surface area contributed by atoms with Crippen molar-refractivity contribution in [3.63, 3.8) is 0 Å². The summed E-state index contributed by atoms with van der Waals surface area (Å²) in [6, 6.07) is 14.5. The Kier molecular flexibility index (Phi) is 4.91. The predicted octanol–water partition coefficient (Wildman–Crippen LogP) is 3.42. The topological polar surface area (TPSA) is 62.2 Å². The molecule has 152 valence electrons. The number of aromatic nitrogens is 3. The number of rotatable bonds is 3. The van der Waals surface area contributed by atoms with E-state index in [2.05, 4.69) is 51.0 Å². The SMILES string of the molecule is Cc1cccc(C2CC(=O)c3cnc(N4CCN(c5ccccn5)CC4)nc3C2)c1. The number of benzene rings is 1. The van der Waals surface area contributed by atoms with Gasteiger partial charge >= 0.3 is 0 Å². The normalized spacial score (nSPS) is 19.0. The molecule has 1 aliphatic carbocycles. The van der Waals surface area contributed by atoms with Gasteiger partial charge in [0.2, 0.25) is 5.95 Å². The molecule has 0 bridgehead atoms. The van der Waals surface area contributed by atoms with E-state index >= 15 is 0 Å². The summed E-state index contributed by atoms with van der Waals surface area (Å²) < 4.78 is 0. The number of pyridine rings is 1. The quantitative estimate of drug-likeness (QED) is 0.673. The number of aryl methyl sites for hydroxylation is 1. The molecule has 30 heavy (non-hydrogen) atoms. The van der Waals surface area contributed by atoms with Gasteiger partial charge < -0.3 is 9.80 Å². The molecule has 5 rings (SSSR count). The molecule has 6 nitrogen and oxygen atoms in total. The van der Waals surface area contributed by atoms with E-state index in [0.717, 1.165) is 50.1 Å². The lowest BCUT2D eigenvalue weighted by molar-refractivity contribution is 0.0962. The number of Topliss-reactive ketones (excluding diaryl/α,β-unsaturated/α-hetero) is 1. The first-order chi connectivity index (χ1) is 14.7. The smallest absolute Gasteiger partial charge is 0.225 e. The molecule has 3 aromatic rings. The predicted molar refractivity (Wildman–Crippen MR) is 117 cm³/mol. The van der Waals surface area contributed by atoms with E-state index in [-0.39, 0.29) is 11.7 Å². The van der Waals surface area contributed by atoms with Crippen molar-refractivity contribution >= 4 is 17.5 Å². The van der Waals surface area contributed by atoms with Crippen LogP contribution in [0, 0.1) is 6.92 Å². The van der Waals surface area contributed by atoms with Gasteiger partial charge in [0.1, 0.15) is 5.82 Å². The largest absolute Gasteiger partial charge is 0.353 e. The molecule has 2 aromatic heterocycles. The van der Waals surface area contributed by atoms with Crippen molar-refractivity contribution in [1.29, 1.82) is 0 Å². The van der Waals surface area contributed by atoms with E-state index in [1.165, 1.54) is 11.1 Å². The fourth-order valence-corrected chi connectivity index (χ4v) is 4.42. The zero-order valence-corrected chi connectivity index (χ0v) is 17.2. The second-order valence-electron chi connectivity index (χ2n) is 8.13.